The normalized spacial score (nSPS) is 55.0. The van der Waals surface area contributed by atoms with E-state index in [1.165, 1.54) is 6.92 Å². The van der Waals surface area contributed by atoms with E-state index >= 15 is 0 Å². The Balaban J connectivity index is 1.81. The van der Waals surface area contributed by atoms with Crippen LogP contribution >= 0.6 is 15.4 Å². The minimum atomic E-state index is -4.62. The molecule has 158 valence electrons. The van der Waals surface area contributed by atoms with E-state index in [0.29, 0.717) is 0 Å². The van der Waals surface area contributed by atoms with Gasteiger partial charge in [-0.2, -0.15) is 0 Å². The van der Waals surface area contributed by atoms with Gasteiger partial charge in [0, 0.05) is 0 Å². The van der Waals surface area contributed by atoms with Gasteiger partial charge in [0.15, 0.2) is 0 Å². The van der Waals surface area contributed by atoms with Crippen LogP contribution in [-0.2, 0) is 36.9 Å². The molecule has 14 heteroatoms. The van der Waals surface area contributed by atoms with Gasteiger partial charge in [0.1, 0.15) is 43.0 Å². The Bertz CT molecular complexity index is 630. The van der Waals surface area contributed by atoms with Crippen molar-refractivity contribution in [3.8, 4) is 0 Å². The van der Waals surface area contributed by atoms with E-state index < -0.39 is 83.8 Å². The second kappa shape index (κ2) is 8.06. The van der Waals surface area contributed by atoms with Gasteiger partial charge in [-0.15, -0.1) is 0 Å². The average Bonchev–Trinajstić information content (AvgIpc) is 2.99. The molecule has 0 aliphatic carbocycles. The Hall–Kier alpha value is 0.0600. The molecule has 12 nitrogen and oxygen atoms in total. The monoisotopic (exact) mass is 434 g/mol. The predicted octanol–water partition coefficient (Wildman–Crippen LogP) is -0.657. The highest BCUT2D eigenvalue weighted by Crippen LogP contribution is 2.49. The summed E-state index contributed by atoms with van der Waals surface area (Å²) in [6.07, 6.45) is -9.12. The highest BCUT2D eigenvalue weighted by molar-refractivity contribution is 7.52. The summed E-state index contributed by atoms with van der Waals surface area (Å²) in [7, 11) is -8.84. The van der Waals surface area contributed by atoms with E-state index in [2.05, 4.69) is 0 Å². The molecule has 3 aliphatic rings. The van der Waals surface area contributed by atoms with Crippen LogP contribution in [0.15, 0.2) is 0 Å². The van der Waals surface area contributed by atoms with Crippen molar-refractivity contribution in [2.24, 2.45) is 0 Å². The molecule has 4 bridgehead atoms. The molecule has 0 aromatic heterocycles. The molecular formula is C13H24O12P2. The van der Waals surface area contributed by atoms with Gasteiger partial charge in [0.25, 0.3) is 0 Å². The first-order valence-corrected chi connectivity index (χ1v) is 11.7. The molecule has 27 heavy (non-hydrogen) atoms. The summed E-state index contributed by atoms with van der Waals surface area (Å²) in [6, 6.07) is 0. The number of rotatable bonds is 0. The van der Waals surface area contributed by atoms with E-state index in [1.54, 1.807) is 6.92 Å². The number of hydrogen-bond donors (Lipinski definition) is 4. The molecule has 0 aromatic carbocycles. The molecule has 3 heterocycles. The largest absolute Gasteiger partial charge is 0.472 e. The van der Waals surface area contributed by atoms with E-state index in [-0.39, 0.29) is 0 Å². The first kappa shape index (κ1) is 21.8. The van der Waals surface area contributed by atoms with Crippen LogP contribution in [0.4, 0.5) is 0 Å². The molecule has 0 aromatic rings. The lowest BCUT2D eigenvalue weighted by molar-refractivity contribution is -0.0307. The Morgan fingerprint density at radius 2 is 1.37 bits per heavy atom. The molecule has 10 atom stereocenters. The predicted molar refractivity (Wildman–Crippen MR) is 86.9 cm³/mol. The van der Waals surface area contributed by atoms with Gasteiger partial charge in [-0.3, -0.25) is 13.6 Å². The quantitative estimate of drug-likeness (QED) is 0.356. The molecule has 4 unspecified atom stereocenters. The maximum atomic E-state index is 12.2. The van der Waals surface area contributed by atoms with Crippen LogP contribution in [0.5, 0.6) is 0 Å². The molecule has 3 fully saturated rings. The molecule has 3 aliphatic heterocycles. The summed E-state index contributed by atoms with van der Waals surface area (Å²) in [6.45, 7) is 2.10. The Labute approximate surface area is 155 Å². The van der Waals surface area contributed by atoms with Crippen LogP contribution in [-0.4, -0.2) is 88.4 Å². The molecule has 3 saturated heterocycles. The number of ether oxygens (including phenoxy) is 3. The lowest BCUT2D eigenvalue weighted by Crippen LogP contribution is -2.36. The van der Waals surface area contributed by atoms with E-state index in [9.17, 15) is 29.1 Å². The smallest absolute Gasteiger partial charge is 0.387 e. The van der Waals surface area contributed by atoms with E-state index in [4.69, 9.17) is 27.8 Å². The zero-order valence-corrected chi connectivity index (χ0v) is 16.5. The van der Waals surface area contributed by atoms with Crippen LogP contribution < -0.4 is 0 Å². The van der Waals surface area contributed by atoms with Gasteiger partial charge < -0.3 is 38.7 Å². The third-order valence-corrected chi connectivity index (χ3v) is 6.68. The van der Waals surface area contributed by atoms with Crippen molar-refractivity contribution in [2.45, 2.75) is 62.7 Å². The first-order valence-electron chi connectivity index (χ1n) is 8.40. The Kier molecular flexibility index (Phi) is 6.50. The zero-order chi connectivity index (χ0) is 20.0. The molecule has 0 radical (unpaired) electrons. The number of hydrogen-bond acceptors (Lipinski definition) is 10. The van der Waals surface area contributed by atoms with Crippen LogP contribution in [0.2, 0.25) is 0 Å². The highest BCUT2D eigenvalue weighted by atomic mass is 31.2. The molecule has 4 N–H and O–H groups in total. The van der Waals surface area contributed by atoms with Crippen LogP contribution in [0, 0.1) is 0 Å². The van der Waals surface area contributed by atoms with Crippen molar-refractivity contribution < 1.29 is 56.9 Å². The van der Waals surface area contributed by atoms with Crippen LogP contribution in [0.3, 0.4) is 0 Å². The van der Waals surface area contributed by atoms with Gasteiger partial charge in [0.2, 0.25) is 0 Å². The molecular weight excluding hydrogens is 410 g/mol. The lowest BCUT2D eigenvalue weighted by Gasteiger charge is -2.23. The van der Waals surface area contributed by atoms with Crippen LogP contribution in [0.1, 0.15) is 13.8 Å². The summed E-state index contributed by atoms with van der Waals surface area (Å²) in [5.74, 6) is 0. The zero-order valence-electron chi connectivity index (χ0n) is 14.7. The van der Waals surface area contributed by atoms with Crippen molar-refractivity contribution in [1.29, 1.82) is 0 Å². The third-order valence-electron chi connectivity index (χ3n) is 4.67. The summed E-state index contributed by atoms with van der Waals surface area (Å²) in [5.41, 5.74) is 0. The third kappa shape index (κ3) is 4.98. The number of phosphoric ester groups is 1. The molecule has 0 saturated carbocycles. The maximum Gasteiger partial charge on any atom is 0.472 e. The van der Waals surface area contributed by atoms with Gasteiger partial charge in [-0.1, -0.05) is 0 Å². The Morgan fingerprint density at radius 3 is 2.00 bits per heavy atom. The van der Waals surface area contributed by atoms with Crippen molar-refractivity contribution in [3.63, 3.8) is 0 Å². The number of aliphatic hydroxyl groups is 2. The second-order valence-corrected chi connectivity index (χ2v) is 9.97. The summed E-state index contributed by atoms with van der Waals surface area (Å²) in [5, 5.41) is 20.5. The lowest BCUT2D eigenvalue weighted by atomic mass is 10.1. The van der Waals surface area contributed by atoms with Gasteiger partial charge in [-0.25, -0.2) is 4.57 Å². The van der Waals surface area contributed by atoms with Crippen LogP contribution in [0.25, 0.3) is 0 Å². The van der Waals surface area contributed by atoms with Crippen molar-refractivity contribution in [2.75, 3.05) is 19.6 Å². The summed E-state index contributed by atoms with van der Waals surface area (Å²) in [4.78, 5) is 19.8. The minimum absolute atomic E-state index is 0.471. The van der Waals surface area contributed by atoms with E-state index in [1.807, 2.05) is 0 Å². The summed E-state index contributed by atoms with van der Waals surface area (Å²) >= 11 is 0. The molecule has 0 spiro atoms. The SMILES string of the molecule is C[C@@H]1O[C@@H]2COP(=O)(O)OC3[C@H](C)O[C@H](COP(=O)(O)COC1[C@H]2O)[C@@H]3O. The standard InChI is InChI=1S/C13H24O12P2/c1-6-12-10(14)9(23-6)4-22-27(18,19)25-13-7(2)24-8(11(13)15)3-21-26(16,17)5-20-12/h6-15H,3-5H2,1-2H3,(H,16,17)(H,18,19)/t6-,7-,8+,9+,10-,11-,12?,13?/m0/s1. The summed E-state index contributed by atoms with van der Waals surface area (Å²) < 4.78 is 55.3. The Morgan fingerprint density at radius 1 is 0.852 bits per heavy atom. The number of fused-ring (bicyclic) bond motifs is 4. The fraction of sp³-hybridized carbons (Fsp3) is 1.00. The number of phosphoric acid groups is 1. The fourth-order valence-electron chi connectivity index (χ4n) is 3.26. The van der Waals surface area contributed by atoms with Crippen molar-refractivity contribution >= 4 is 15.4 Å². The average molecular weight is 434 g/mol. The topological polar surface area (TPSA) is 170 Å². The van der Waals surface area contributed by atoms with Gasteiger partial charge in [-0.05, 0) is 13.8 Å². The van der Waals surface area contributed by atoms with Crippen molar-refractivity contribution in [1.82, 2.24) is 0 Å². The molecule has 0 amide bonds. The van der Waals surface area contributed by atoms with E-state index in [0.717, 1.165) is 0 Å². The highest BCUT2D eigenvalue weighted by Gasteiger charge is 2.49. The molecule has 3 rings (SSSR count). The van der Waals surface area contributed by atoms with Crippen molar-refractivity contribution in [3.05, 3.63) is 0 Å². The van der Waals surface area contributed by atoms with Gasteiger partial charge in [0.05, 0.1) is 25.4 Å². The second-order valence-electron chi connectivity index (χ2n) is 6.77. The minimum Gasteiger partial charge on any atom is -0.387 e. The fourth-order valence-corrected chi connectivity index (χ4v) is 5.08. The maximum absolute atomic E-state index is 12.2. The number of aliphatic hydroxyl groups excluding tert-OH is 2. The first-order chi connectivity index (χ1) is 12.5. The van der Waals surface area contributed by atoms with Gasteiger partial charge >= 0.3 is 15.4 Å².